The Kier molecular flexibility index (Phi) is 2.93. The minimum Gasteiger partial charge on any atom is -0.460 e. The van der Waals surface area contributed by atoms with Gasteiger partial charge in [0.05, 0.1) is 12.1 Å². The summed E-state index contributed by atoms with van der Waals surface area (Å²) in [5, 5.41) is 0. The van der Waals surface area contributed by atoms with E-state index in [0.29, 0.717) is 5.76 Å². The topological polar surface area (TPSA) is 39.2 Å². The summed E-state index contributed by atoms with van der Waals surface area (Å²) in [6.07, 6.45) is -4.40. The zero-order valence-electron chi connectivity index (χ0n) is 8.79. The van der Waals surface area contributed by atoms with Gasteiger partial charge >= 0.3 is 6.18 Å². The van der Waals surface area contributed by atoms with Crippen molar-refractivity contribution in [3.8, 4) is 11.3 Å². The number of nitrogens with two attached hydrogens (primary N) is 1. The Morgan fingerprint density at radius 3 is 2.35 bits per heavy atom. The van der Waals surface area contributed by atoms with E-state index in [9.17, 15) is 13.2 Å². The number of rotatable bonds is 2. The highest BCUT2D eigenvalue weighted by atomic mass is 19.4. The lowest BCUT2D eigenvalue weighted by Gasteiger charge is -2.10. The first-order valence-corrected chi connectivity index (χ1v) is 4.98. The normalized spacial score (nSPS) is 11.8. The zero-order valence-corrected chi connectivity index (χ0v) is 8.79. The van der Waals surface area contributed by atoms with E-state index in [1.807, 2.05) is 0 Å². The number of furan rings is 1. The molecule has 0 saturated carbocycles. The molecule has 0 amide bonds. The first kappa shape index (κ1) is 11.7. The maximum Gasteiger partial charge on any atom is 0.417 e. The fraction of sp³-hybridized carbons (Fsp3) is 0.167. The SMILES string of the molecule is NCc1ccc(-c2ccccc2C(F)(F)F)o1. The lowest BCUT2D eigenvalue weighted by atomic mass is 10.1. The zero-order chi connectivity index (χ0) is 12.5. The molecule has 2 rings (SSSR count). The average Bonchev–Trinajstić information content (AvgIpc) is 2.76. The predicted octanol–water partition coefficient (Wildman–Crippen LogP) is 3.42. The first-order chi connectivity index (χ1) is 8.02. The average molecular weight is 241 g/mol. The molecule has 0 atom stereocenters. The van der Waals surface area contributed by atoms with E-state index in [-0.39, 0.29) is 17.9 Å². The van der Waals surface area contributed by atoms with Crippen LogP contribution in [0, 0.1) is 0 Å². The van der Waals surface area contributed by atoms with Crippen molar-refractivity contribution in [2.75, 3.05) is 0 Å². The molecule has 1 aromatic heterocycles. The van der Waals surface area contributed by atoms with Crippen LogP contribution in [0.25, 0.3) is 11.3 Å². The predicted molar refractivity (Wildman–Crippen MR) is 57.0 cm³/mol. The number of alkyl halides is 3. The van der Waals surface area contributed by atoms with Crippen LogP contribution in [0.1, 0.15) is 11.3 Å². The summed E-state index contributed by atoms with van der Waals surface area (Å²) in [6, 6.07) is 8.35. The number of benzene rings is 1. The third kappa shape index (κ3) is 2.34. The molecule has 0 aliphatic carbocycles. The van der Waals surface area contributed by atoms with Gasteiger partial charge in [-0.05, 0) is 18.2 Å². The summed E-state index contributed by atoms with van der Waals surface area (Å²) in [5.74, 6) is 0.635. The number of hydrogen-bond acceptors (Lipinski definition) is 2. The van der Waals surface area contributed by atoms with Crippen LogP contribution in [0.3, 0.4) is 0 Å². The third-order valence-corrected chi connectivity index (χ3v) is 2.36. The molecule has 17 heavy (non-hydrogen) atoms. The van der Waals surface area contributed by atoms with Crippen molar-refractivity contribution >= 4 is 0 Å². The molecule has 90 valence electrons. The van der Waals surface area contributed by atoms with Crippen LogP contribution in [0.15, 0.2) is 40.8 Å². The monoisotopic (exact) mass is 241 g/mol. The molecule has 1 aromatic carbocycles. The fourth-order valence-corrected chi connectivity index (χ4v) is 1.58. The van der Waals surface area contributed by atoms with Gasteiger partial charge in [-0.25, -0.2) is 0 Å². The summed E-state index contributed by atoms with van der Waals surface area (Å²) in [5.41, 5.74) is 4.67. The Hall–Kier alpha value is -1.75. The van der Waals surface area contributed by atoms with E-state index in [4.69, 9.17) is 10.2 Å². The number of halogens is 3. The second-order valence-corrected chi connectivity index (χ2v) is 3.51. The van der Waals surface area contributed by atoms with Crippen LogP contribution in [0.2, 0.25) is 0 Å². The first-order valence-electron chi connectivity index (χ1n) is 4.98. The Balaban J connectivity index is 2.52. The van der Waals surface area contributed by atoms with Gasteiger partial charge in [-0.3, -0.25) is 0 Å². The maximum atomic E-state index is 12.8. The largest absolute Gasteiger partial charge is 0.460 e. The van der Waals surface area contributed by atoms with E-state index in [1.54, 1.807) is 6.07 Å². The molecule has 1 heterocycles. The quantitative estimate of drug-likeness (QED) is 0.874. The molecule has 0 fully saturated rings. The molecule has 2 nitrogen and oxygen atoms in total. The Bertz CT molecular complexity index is 516. The van der Waals surface area contributed by atoms with Crippen molar-refractivity contribution < 1.29 is 17.6 Å². The Morgan fingerprint density at radius 1 is 1.06 bits per heavy atom. The van der Waals surface area contributed by atoms with Crippen LogP contribution in [0.4, 0.5) is 13.2 Å². The van der Waals surface area contributed by atoms with Gasteiger partial charge in [-0.15, -0.1) is 0 Å². The molecule has 5 heteroatoms. The van der Waals surface area contributed by atoms with Crippen LogP contribution in [0.5, 0.6) is 0 Å². The van der Waals surface area contributed by atoms with Gasteiger partial charge in [-0.2, -0.15) is 13.2 Å². The van der Waals surface area contributed by atoms with Gasteiger partial charge in [0.25, 0.3) is 0 Å². The van der Waals surface area contributed by atoms with Crippen LogP contribution in [-0.4, -0.2) is 0 Å². The molecule has 0 aliphatic heterocycles. The minimum atomic E-state index is -4.40. The number of hydrogen-bond donors (Lipinski definition) is 1. The smallest absolute Gasteiger partial charge is 0.417 e. The standard InChI is InChI=1S/C12H10F3NO/c13-12(14,15)10-4-2-1-3-9(10)11-6-5-8(7-16)17-11/h1-6H,7,16H2. The van der Waals surface area contributed by atoms with E-state index in [2.05, 4.69) is 0 Å². The molecule has 0 aliphatic rings. The fourth-order valence-electron chi connectivity index (χ4n) is 1.58. The summed E-state index contributed by atoms with van der Waals surface area (Å²) in [7, 11) is 0. The Morgan fingerprint density at radius 2 is 1.76 bits per heavy atom. The Labute approximate surface area is 95.8 Å². The van der Waals surface area contributed by atoms with Crippen molar-refractivity contribution in [3.63, 3.8) is 0 Å². The van der Waals surface area contributed by atoms with Crippen LogP contribution >= 0.6 is 0 Å². The lowest BCUT2D eigenvalue weighted by molar-refractivity contribution is -0.137. The van der Waals surface area contributed by atoms with E-state index < -0.39 is 11.7 Å². The van der Waals surface area contributed by atoms with Crippen molar-refractivity contribution in [2.24, 2.45) is 5.73 Å². The molecule has 0 spiro atoms. The molecule has 0 radical (unpaired) electrons. The van der Waals surface area contributed by atoms with Crippen LogP contribution in [-0.2, 0) is 12.7 Å². The van der Waals surface area contributed by atoms with Gasteiger partial charge in [0.2, 0.25) is 0 Å². The van der Waals surface area contributed by atoms with E-state index in [0.717, 1.165) is 6.07 Å². The van der Waals surface area contributed by atoms with E-state index >= 15 is 0 Å². The van der Waals surface area contributed by atoms with Crippen molar-refractivity contribution in [2.45, 2.75) is 12.7 Å². The second-order valence-electron chi connectivity index (χ2n) is 3.51. The van der Waals surface area contributed by atoms with Crippen LogP contribution < -0.4 is 5.73 Å². The molecule has 0 bridgehead atoms. The second kappa shape index (κ2) is 4.25. The third-order valence-electron chi connectivity index (χ3n) is 2.36. The molecule has 0 unspecified atom stereocenters. The van der Waals surface area contributed by atoms with Gasteiger partial charge in [-0.1, -0.05) is 18.2 Å². The highest BCUT2D eigenvalue weighted by Crippen LogP contribution is 2.37. The van der Waals surface area contributed by atoms with Gasteiger partial charge in [0.1, 0.15) is 11.5 Å². The minimum absolute atomic E-state index is 0.0275. The van der Waals surface area contributed by atoms with Crippen molar-refractivity contribution in [1.29, 1.82) is 0 Å². The van der Waals surface area contributed by atoms with Gasteiger partial charge in [0, 0.05) is 5.56 Å². The van der Waals surface area contributed by atoms with Crippen molar-refractivity contribution in [3.05, 3.63) is 47.7 Å². The molecule has 0 saturated heterocycles. The molecular weight excluding hydrogens is 231 g/mol. The summed E-state index contributed by atoms with van der Waals surface area (Å²) >= 11 is 0. The maximum absolute atomic E-state index is 12.8. The van der Waals surface area contributed by atoms with Gasteiger partial charge in [0.15, 0.2) is 0 Å². The lowest BCUT2D eigenvalue weighted by Crippen LogP contribution is -2.06. The summed E-state index contributed by atoms with van der Waals surface area (Å²) in [6.45, 7) is 0.161. The summed E-state index contributed by atoms with van der Waals surface area (Å²) < 4.78 is 43.5. The van der Waals surface area contributed by atoms with Crippen molar-refractivity contribution in [1.82, 2.24) is 0 Å². The van der Waals surface area contributed by atoms with E-state index in [1.165, 1.54) is 24.3 Å². The molecular formula is C12H10F3NO. The molecule has 2 aromatic rings. The highest BCUT2D eigenvalue weighted by molar-refractivity contribution is 5.63. The molecule has 2 N–H and O–H groups in total. The summed E-state index contributed by atoms with van der Waals surface area (Å²) in [4.78, 5) is 0. The van der Waals surface area contributed by atoms with Gasteiger partial charge < -0.3 is 10.2 Å². The highest BCUT2D eigenvalue weighted by Gasteiger charge is 2.33.